The molecule has 7 nitrogen and oxygen atoms in total. The highest BCUT2D eigenvalue weighted by Crippen LogP contribution is 2.38. The number of nitrogens with zero attached hydrogens (tertiary/aromatic N) is 3. The molecule has 1 unspecified atom stereocenters. The van der Waals surface area contributed by atoms with Crippen molar-refractivity contribution in [2.24, 2.45) is 0 Å². The van der Waals surface area contributed by atoms with Gasteiger partial charge >= 0.3 is 0 Å². The highest BCUT2D eigenvalue weighted by atomic mass is 16.5. The zero-order valence-electron chi connectivity index (χ0n) is 21.5. The van der Waals surface area contributed by atoms with Gasteiger partial charge in [-0.2, -0.15) is 0 Å². The van der Waals surface area contributed by atoms with E-state index >= 15 is 0 Å². The fourth-order valence-corrected chi connectivity index (χ4v) is 5.38. The van der Waals surface area contributed by atoms with Crippen molar-refractivity contribution < 1.29 is 14.3 Å². The summed E-state index contributed by atoms with van der Waals surface area (Å²) < 4.78 is 10.7. The number of hydrogen-bond donors (Lipinski definition) is 1. The molecule has 2 aliphatic heterocycles. The molecule has 0 spiro atoms. The lowest BCUT2D eigenvalue weighted by molar-refractivity contribution is -0.122. The molecule has 1 aromatic carbocycles. The van der Waals surface area contributed by atoms with Gasteiger partial charge in [-0.1, -0.05) is 37.3 Å². The van der Waals surface area contributed by atoms with Crippen molar-refractivity contribution >= 4 is 39.9 Å². The molecule has 0 fully saturated rings. The van der Waals surface area contributed by atoms with Crippen molar-refractivity contribution in [3.05, 3.63) is 65.1 Å². The third-order valence-corrected chi connectivity index (χ3v) is 7.12. The molecule has 0 radical (unpaired) electrons. The van der Waals surface area contributed by atoms with Crippen LogP contribution in [0.2, 0.25) is 0 Å². The number of hydrogen-bond acceptors (Lipinski definition) is 4. The Morgan fingerprint density at radius 1 is 1.06 bits per heavy atom. The van der Waals surface area contributed by atoms with Crippen molar-refractivity contribution in [3.8, 4) is 0 Å². The number of imide groups is 1. The first-order chi connectivity index (χ1) is 17.4. The summed E-state index contributed by atoms with van der Waals surface area (Å²) in [6, 6.07) is 8.09. The molecule has 1 atom stereocenters. The number of carbonyl (C=O) groups excluding carboxylic acids is 2. The van der Waals surface area contributed by atoms with E-state index < -0.39 is 0 Å². The third kappa shape index (κ3) is 4.33. The number of nitrogens with one attached hydrogen (secondary N) is 1. The SMILES string of the molecule is CC/C=C\c1c2cn(c1C)CCOC(CN(C)C)CCn1cc(c3ccccc31)C1=C2C(=O)NC1=O. The number of carbonyl (C=O) groups is 2. The molecule has 3 aromatic rings. The summed E-state index contributed by atoms with van der Waals surface area (Å²) in [5.41, 5.74) is 5.55. The van der Waals surface area contributed by atoms with Crippen LogP contribution in [0.3, 0.4) is 0 Å². The molecule has 2 amide bonds. The average Bonchev–Trinajstić information content (AvgIpc) is 3.45. The molecule has 1 N–H and O–H groups in total. The van der Waals surface area contributed by atoms with Crippen LogP contribution in [0.5, 0.6) is 0 Å². The van der Waals surface area contributed by atoms with Gasteiger partial charge in [-0.3, -0.25) is 14.9 Å². The van der Waals surface area contributed by atoms with Gasteiger partial charge in [0, 0.05) is 65.3 Å². The molecule has 5 rings (SSSR count). The Bertz CT molecular complexity index is 1390. The largest absolute Gasteiger partial charge is 0.375 e. The molecule has 0 saturated heterocycles. The lowest BCUT2D eigenvalue weighted by atomic mass is 9.94. The monoisotopic (exact) mass is 486 g/mol. The standard InChI is InChI=1S/C29H34N4O3/c1-5-6-9-21-19(2)32-14-15-36-20(16-31(3)4)12-13-33-18-24(22-10-7-8-11-25(22)33)27-26(23(21)17-32)28(34)30-29(27)35/h6-11,17-18,20H,5,12-16H2,1-4H3,(H,30,34,35)/b9-6-. The van der Waals surface area contributed by atoms with Crippen LogP contribution in [0.15, 0.2) is 42.7 Å². The van der Waals surface area contributed by atoms with Gasteiger partial charge in [0.15, 0.2) is 0 Å². The van der Waals surface area contributed by atoms with Crippen LogP contribution in [-0.2, 0) is 27.4 Å². The summed E-state index contributed by atoms with van der Waals surface area (Å²) in [6.07, 6.45) is 9.99. The van der Waals surface area contributed by atoms with Crippen molar-refractivity contribution in [1.29, 1.82) is 0 Å². The summed E-state index contributed by atoms with van der Waals surface area (Å²) in [5, 5.41) is 3.55. The predicted octanol–water partition coefficient (Wildman–Crippen LogP) is 4.09. The van der Waals surface area contributed by atoms with Gasteiger partial charge in [-0.25, -0.2) is 0 Å². The number of likely N-dealkylation sites (N-methyl/N-ethyl adjacent to an activating group) is 1. The fraction of sp³-hybridized carbons (Fsp3) is 0.379. The molecule has 36 heavy (non-hydrogen) atoms. The number of fused-ring (bicyclic) bond motifs is 9. The van der Waals surface area contributed by atoms with Crippen LogP contribution in [-0.4, -0.2) is 59.2 Å². The van der Waals surface area contributed by atoms with E-state index in [0.717, 1.165) is 59.2 Å². The second-order valence-electron chi connectivity index (χ2n) is 9.88. The van der Waals surface area contributed by atoms with Crippen molar-refractivity contribution in [3.63, 3.8) is 0 Å². The van der Waals surface area contributed by atoms with Gasteiger partial charge in [0.25, 0.3) is 11.8 Å². The van der Waals surface area contributed by atoms with Gasteiger partial charge in [-0.15, -0.1) is 0 Å². The van der Waals surface area contributed by atoms with E-state index in [9.17, 15) is 9.59 Å². The Labute approximate surface area is 212 Å². The van der Waals surface area contributed by atoms with Crippen molar-refractivity contribution in [2.75, 3.05) is 27.2 Å². The minimum absolute atomic E-state index is 0.0773. The molecule has 2 aliphatic rings. The summed E-state index contributed by atoms with van der Waals surface area (Å²) in [4.78, 5) is 28.7. The topological polar surface area (TPSA) is 68.5 Å². The second kappa shape index (κ2) is 9.91. The number of rotatable bonds is 4. The first-order valence-electron chi connectivity index (χ1n) is 12.7. The molecule has 0 saturated carbocycles. The first-order valence-corrected chi connectivity index (χ1v) is 12.7. The Kier molecular flexibility index (Phi) is 6.69. The molecule has 4 heterocycles. The Hall–Kier alpha value is -3.42. The quantitative estimate of drug-likeness (QED) is 0.564. The highest BCUT2D eigenvalue weighted by molar-refractivity contribution is 6.50. The summed E-state index contributed by atoms with van der Waals surface area (Å²) in [7, 11) is 4.13. The molecule has 188 valence electrons. The normalized spacial score (nSPS) is 18.9. The Balaban J connectivity index is 1.77. The number of allylic oxidation sites excluding steroid dienone is 1. The van der Waals surface area contributed by atoms with Gasteiger partial charge < -0.3 is 18.8 Å². The van der Waals surface area contributed by atoms with Crippen molar-refractivity contribution in [2.45, 2.75) is 45.9 Å². The average molecular weight is 487 g/mol. The molecule has 2 aromatic heterocycles. The minimum Gasteiger partial charge on any atom is -0.375 e. The number of aryl methyl sites for hydroxylation is 1. The lowest BCUT2D eigenvalue weighted by Gasteiger charge is -2.22. The minimum atomic E-state index is -0.343. The Morgan fingerprint density at radius 3 is 2.53 bits per heavy atom. The van der Waals surface area contributed by atoms with E-state index in [-0.39, 0.29) is 17.9 Å². The number of benzene rings is 1. The van der Waals surface area contributed by atoms with Crippen LogP contribution < -0.4 is 5.32 Å². The van der Waals surface area contributed by atoms with Gasteiger partial charge in [-0.05, 0) is 39.9 Å². The summed E-state index contributed by atoms with van der Waals surface area (Å²) in [5.74, 6) is -0.681. The van der Waals surface area contributed by atoms with Crippen LogP contribution in [0, 0.1) is 6.92 Å². The maximum atomic E-state index is 13.3. The maximum absolute atomic E-state index is 13.3. The first kappa shape index (κ1) is 24.3. The lowest BCUT2D eigenvalue weighted by Crippen LogP contribution is -2.30. The number of amides is 2. The number of ether oxygens (including phenoxy) is 1. The van der Waals surface area contributed by atoms with Gasteiger partial charge in [0.1, 0.15) is 0 Å². The molecule has 0 aliphatic carbocycles. The van der Waals surface area contributed by atoms with Crippen LogP contribution in [0.25, 0.3) is 28.1 Å². The van der Waals surface area contributed by atoms with E-state index in [2.05, 4.69) is 65.5 Å². The molecular weight excluding hydrogens is 452 g/mol. The zero-order chi connectivity index (χ0) is 25.4. The molecule has 4 bridgehead atoms. The van der Waals surface area contributed by atoms with E-state index in [1.807, 2.05) is 30.6 Å². The van der Waals surface area contributed by atoms with E-state index in [4.69, 9.17) is 4.74 Å². The second-order valence-corrected chi connectivity index (χ2v) is 9.88. The van der Waals surface area contributed by atoms with E-state index in [1.165, 1.54) is 0 Å². The van der Waals surface area contributed by atoms with Crippen LogP contribution >= 0.6 is 0 Å². The van der Waals surface area contributed by atoms with E-state index in [1.54, 1.807) is 0 Å². The smallest absolute Gasteiger partial charge is 0.259 e. The van der Waals surface area contributed by atoms with Gasteiger partial charge in [0.05, 0.1) is 23.9 Å². The zero-order valence-corrected chi connectivity index (χ0v) is 21.5. The number of aromatic nitrogens is 2. The van der Waals surface area contributed by atoms with Gasteiger partial charge in [0.2, 0.25) is 0 Å². The molecular formula is C29H34N4O3. The third-order valence-electron chi connectivity index (χ3n) is 7.12. The number of para-hydroxylation sites is 1. The van der Waals surface area contributed by atoms with E-state index in [0.29, 0.717) is 24.3 Å². The summed E-state index contributed by atoms with van der Waals surface area (Å²) in [6.45, 7) is 6.98. The maximum Gasteiger partial charge on any atom is 0.259 e. The Morgan fingerprint density at radius 2 is 1.78 bits per heavy atom. The van der Waals surface area contributed by atoms with Crippen LogP contribution in [0.4, 0.5) is 0 Å². The van der Waals surface area contributed by atoms with Crippen LogP contribution in [0.1, 0.15) is 42.1 Å². The van der Waals surface area contributed by atoms with Crippen molar-refractivity contribution in [1.82, 2.24) is 19.4 Å². The predicted molar refractivity (Wildman–Crippen MR) is 143 cm³/mol. The molecule has 7 heteroatoms. The fourth-order valence-electron chi connectivity index (χ4n) is 5.38. The summed E-state index contributed by atoms with van der Waals surface area (Å²) >= 11 is 0. The highest BCUT2D eigenvalue weighted by Gasteiger charge is 2.36.